The van der Waals surface area contributed by atoms with E-state index in [1.165, 1.54) is 13.8 Å². The summed E-state index contributed by atoms with van der Waals surface area (Å²) in [6.45, 7) is 15.5. The molecule has 7 heteroatoms. The van der Waals surface area contributed by atoms with Crippen LogP contribution in [0.4, 0.5) is 0 Å². The monoisotopic (exact) mass is 452 g/mol. The number of benzene rings is 1. The highest BCUT2D eigenvalue weighted by Gasteiger charge is 2.47. The molecular weight excluding hydrogens is 420 g/mol. The predicted octanol–water partition coefficient (Wildman–Crippen LogP) is 5.82. The van der Waals surface area contributed by atoms with Gasteiger partial charge >= 0.3 is 11.9 Å². The maximum Gasteiger partial charge on any atom is 0.308 e. The van der Waals surface area contributed by atoms with E-state index in [0.29, 0.717) is 35.1 Å². The number of rotatable bonds is 6. The fourth-order valence-electron chi connectivity index (χ4n) is 3.06. The van der Waals surface area contributed by atoms with E-state index in [1.54, 1.807) is 18.2 Å². The molecule has 0 radical (unpaired) electrons. The molecule has 31 heavy (non-hydrogen) atoms. The minimum Gasteiger partial charge on any atom is -0.493 e. The van der Waals surface area contributed by atoms with E-state index >= 15 is 0 Å². The molecule has 0 spiro atoms. The fraction of sp³-hybridized carbons (Fsp3) is 0.583. The molecule has 0 aromatic heterocycles. The first kappa shape index (κ1) is 25.2. The molecule has 0 heterocycles. The van der Waals surface area contributed by atoms with Gasteiger partial charge in [0.25, 0.3) is 0 Å². The van der Waals surface area contributed by atoms with Crippen LogP contribution in [0.25, 0.3) is 5.76 Å². The Morgan fingerprint density at radius 3 is 2.13 bits per heavy atom. The first-order valence-corrected chi connectivity index (χ1v) is 10.7. The molecule has 0 N–H and O–H groups in total. The molecule has 0 fully saturated rings. The van der Waals surface area contributed by atoms with E-state index < -0.39 is 17.7 Å². The highest BCUT2D eigenvalue weighted by Crippen LogP contribution is 2.47. The van der Waals surface area contributed by atoms with Crippen LogP contribution >= 0.6 is 11.6 Å². The molecule has 1 aromatic carbocycles. The van der Waals surface area contributed by atoms with E-state index in [-0.39, 0.29) is 23.0 Å². The summed E-state index contributed by atoms with van der Waals surface area (Å²) in [5, 5.41) is 0.438. The molecule has 6 nitrogen and oxygen atoms in total. The minimum atomic E-state index is -1.43. The maximum absolute atomic E-state index is 12.1. The third-order valence-electron chi connectivity index (χ3n) is 4.26. The fourth-order valence-corrected chi connectivity index (χ4v) is 3.24. The Morgan fingerprint density at radius 1 is 1.00 bits per heavy atom. The lowest BCUT2D eigenvalue weighted by atomic mass is 9.88. The van der Waals surface area contributed by atoms with Crippen molar-refractivity contribution in [1.82, 2.24) is 0 Å². The molecule has 0 amide bonds. The highest BCUT2D eigenvalue weighted by atomic mass is 35.5. The van der Waals surface area contributed by atoms with Gasteiger partial charge in [0.15, 0.2) is 5.76 Å². The standard InChI is InChI=1S/C24H33ClO6/c1-15(26)30-21-18-11-17(25)9-10-19(18)24(31-16(2)27,29-14-23(6,7)8)12-20(21)28-13-22(3,4)5/h9-11H,12-14H2,1-8H3. The van der Waals surface area contributed by atoms with Crippen molar-refractivity contribution in [2.75, 3.05) is 13.2 Å². The second-order valence-corrected chi connectivity index (χ2v) is 10.7. The summed E-state index contributed by atoms with van der Waals surface area (Å²) < 4.78 is 23.8. The van der Waals surface area contributed by atoms with Crippen LogP contribution in [0, 0.1) is 10.8 Å². The Morgan fingerprint density at radius 2 is 1.61 bits per heavy atom. The Hall–Kier alpha value is -2.05. The van der Waals surface area contributed by atoms with Crippen LogP contribution in [-0.4, -0.2) is 25.2 Å². The molecular formula is C24H33ClO6. The van der Waals surface area contributed by atoms with Gasteiger partial charge in [-0.2, -0.15) is 0 Å². The molecule has 0 saturated carbocycles. The zero-order valence-corrected chi connectivity index (χ0v) is 20.4. The summed E-state index contributed by atoms with van der Waals surface area (Å²) in [6, 6.07) is 5.08. The number of hydrogen-bond donors (Lipinski definition) is 0. The summed E-state index contributed by atoms with van der Waals surface area (Å²) in [5.41, 5.74) is 0.703. The van der Waals surface area contributed by atoms with Crippen molar-refractivity contribution in [3.63, 3.8) is 0 Å². The highest BCUT2D eigenvalue weighted by molar-refractivity contribution is 6.30. The van der Waals surface area contributed by atoms with Gasteiger partial charge in [-0.05, 0) is 23.0 Å². The lowest BCUT2D eigenvalue weighted by Crippen LogP contribution is -2.41. The Labute approximate surface area is 189 Å². The molecule has 2 rings (SSSR count). The summed E-state index contributed by atoms with van der Waals surface area (Å²) in [7, 11) is 0. The van der Waals surface area contributed by atoms with Crippen LogP contribution in [0.2, 0.25) is 5.02 Å². The van der Waals surface area contributed by atoms with Crippen LogP contribution in [0.1, 0.15) is 72.9 Å². The Bertz CT molecular complexity index is 875. The number of carbonyl (C=O) groups excluding carboxylic acids is 2. The van der Waals surface area contributed by atoms with Gasteiger partial charge in [-0.3, -0.25) is 9.59 Å². The third kappa shape index (κ3) is 6.97. The van der Waals surface area contributed by atoms with Crippen LogP contribution in [0.15, 0.2) is 24.0 Å². The molecule has 1 aromatic rings. The molecule has 0 saturated heterocycles. The van der Waals surface area contributed by atoms with Gasteiger partial charge in [0, 0.05) is 30.0 Å². The number of ether oxygens (including phenoxy) is 4. The van der Waals surface area contributed by atoms with E-state index in [0.717, 1.165) is 0 Å². The van der Waals surface area contributed by atoms with Gasteiger partial charge in [-0.15, -0.1) is 0 Å². The Kier molecular flexibility index (Phi) is 7.49. The van der Waals surface area contributed by atoms with Gasteiger partial charge < -0.3 is 18.9 Å². The van der Waals surface area contributed by atoms with Crippen molar-refractivity contribution in [3.05, 3.63) is 40.1 Å². The average molecular weight is 453 g/mol. The van der Waals surface area contributed by atoms with Crippen molar-refractivity contribution in [3.8, 4) is 0 Å². The number of esters is 2. The molecule has 1 unspecified atom stereocenters. The van der Waals surface area contributed by atoms with Crippen LogP contribution in [0.5, 0.6) is 0 Å². The van der Waals surface area contributed by atoms with E-state index in [4.69, 9.17) is 30.5 Å². The van der Waals surface area contributed by atoms with E-state index in [1.807, 2.05) is 41.5 Å². The topological polar surface area (TPSA) is 71.1 Å². The van der Waals surface area contributed by atoms with Crippen molar-refractivity contribution in [2.45, 2.75) is 67.6 Å². The second-order valence-electron chi connectivity index (χ2n) is 10.3. The molecule has 0 bridgehead atoms. The van der Waals surface area contributed by atoms with E-state index in [9.17, 15) is 9.59 Å². The van der Waals surface area contributed by atoms with Gasteiger partial charge in [0.1, 0.15) is 5.76 Å². The third-order valence-corrected chi connectivity index (χ3v) is 4.49. The molecule has 0 aliphatic heterocycles. The van der Waals surface area contributed by atoms with Gasteiger partial charge in [0.05, 0.1) is 19.6 Å². The zero-order chi connectivity index (χ0) is 23.6. The van der Waals surface area contributed by atoms with Crippen LogP contribution < -0.4 is 0 Å². The van der Waals surface area contributed by atoms with Crippen LogP contribution in [-0.2, 0) is 34.3 Å². The molecule has 172 valence electrons. The smallest absolute Gasteiger partial charge is 0.308 e. The summed E-state index contributed by atoms with van der Waals surface area (Å²) in [4.78, 5) is 24.0. The molecule has 1 aliphatic rings. The number of halogens is 1. The maximum atomic E-state index is 12.1. The van der Waals surface area contributed by atoms with Gasteiger partial charge in [-0.1, -0.05) is 59.2 Å². The van der Waals surface area contributed by atoms with Crippen molar-refractivity contribution in [2.24, 2.45) is 10.8 Å². The normalized spacial score (nSPS) is 19.0. The summed E-state index contributed by atoms with van der Waals surface area (Å²) in [5.74, 6) is -1.80. The predicted molar refractivity (Wildman–Crippen MR) is 119 cm³/mol. The number of fused-ring (bicyclic) bond motifs is 1. The molecule has 1 atom stereocenters. The van der Waals surface area contributed by atoms with Crippen molar-refractivity contribution in [1.29, 1.82) is 0 Å². The second kappa shape index (κ2) is 9.21. The van der Waals surface area contributed by atoms with Crippen molar-refractivity contribution < 1.29 is 28.5 Å². The first-order chi connectivity index (χ1) is 14.1. The summed E-state index contributed by atoms with van der Waals surface area (Å²) >= 11 is 6.27. The number of hydrogen-bond acceptors (Lipinski definition) is 6. The minimum absolute atomic E-state index is 0.0655. The lowest BCUT2D eigenvalue weighted by molar-refractivity contribution is -0.250. The largest absolute Gasteiger partial charge is 0.493 e. The van der Waals surface area contributed by atoms with Crippen molar-refractivity contribution >= 4 is 29.3 Å². The zero-order valence-electron chi connectivity index (χ0n) is 19.7. The first-order valence-electron chi connectivity index (χ1n) is 10.3. The lowest BCUT2D eigenvalue weighted by Gasteiger charge is -2.40. The van der Waals surface area contributed by atoms with Gasteiger partial charge in [0.2, 0.25) is 5.79 Å². The Balaban J connectivity index is 2.70. The SMILES string of the molecule is CC(=O)OC1=C(OCC(C)(C)C)CC(OCC(C)(C)C)(OC(C)=O)c2ccc(Cl)cc21. The summed E-state index contributed by atoms with van der Waals surface area (Å²) in [6.07, 6.45) is 0.0655. The average Bonchev–Trinajstić information content (AvgIpc) is 2.58. The van der Waals surface area contributed by atoms with Crippen LogP contribution in [0.3, 0.4) is 0 Å². The molecule has 1 aliphatic carbocycles. The number of carbonyl (C=O) groups is 2. The quantitative estimate of drug-likeness (QED) is 0.400. The van der Waals surface area contributed by atoms with Gasteiger partial charge in [-0.25, -0.2) is 0 Å². The van der Waals surface area contributed by atoms with E-state index in [2.05, 4.69) is 0 Å².